The van der Waals surface area contributed by atoms with E-state index < -0.39 is 10.0 Å². The predicted octanol–water partition coefficient (Wildman–Crippen LogP) is 1.96. The quantitative estimate of drug-likeness (QED) is 0.934. The largest absolute Gasteiger partial charge is 0.347 e. The van der Waals surface area contributed by atoms with Crippen molar-refractivity contribution in [2.75, 3.05) is 23.7 Å². The van der Waals surface area contributed by atoms with Gasteiger partial charge in [-0.15, -0.1) is 0 Å². The van der Waals surface area contributed by atoms with Gasteiger partial charge >= 0.3 is 0 Å². The van der Waals surface area contributed by atoms with Crippen molar-refractivity contribution >= 4 is 21.7 Å². The van der Waals surface area contributed by atoms with Crippen LogP contribution in [0.1, 0.15) is 11.1 Å². The molecule has 0 spiro atoms. The lowest BCUT2D eigenvalue weighted by Crippen LogP contribution is -2.16. The van der Waals surface area contributed by atoms with E-state index in [-0.39, 0.29) is 4.90 Å². The minimum absolute atomic E-state index is 0.254. The smallest absolute Gasteiger partial charge is 0.262 e. The average Bonchev–Trinajstić information content (AvgIpc) is 2.38. The second kappa shape index (κ2) is 5.69. The summed E-state index contributed by atoms with van der Waals surface area (Å²) in [6.45, 7) is 3.69. The van der Waals surface area contributed by atoms with Gasteiger partial charge in [-0.3, -0.25) is 4.72 Å². The lowest BCUT2D eigenvalue weighted by Gasteiger charge is -2.12. The lowest BCUT2D eigenvalue weighted by molar-refractivity contribution is 0.600. The molecule has 0 atom stereocenters. The van der Waals surface area contributed by atoms with Crippen LogP contribution < -0.4 is 9.62 Å². The molecule has 1 heterocycles. The third-order valence-corrected chi connectivity index (χ3v) is 4.45. The Morgan fingerprint density at radius 3 is 2.24 bits per heavy atom. The van der Waals surface area contributed by atoms with E-state index in [2.05, 4.69) is 14.7 Å². The fraction of sp³-hybridized carbons (Fsp3) is 0.286. The third kappa shape index (κ3) is 3.49. The van der Waals surface area contributed by atoms with Crippen LogP contribution in [0.25, 0.3) is 0 Å². The zero-order chi connectivity index (χ0) is 15.6. The SMILES string of the molecule is Cc1ccc(S(=O)(=O)Nc2cnc(N(C)C)nc2)c(C)c1. The highest BCUT2D eigenvalue weighted by molar-refractivity contribution is 7.92. The number of aromatic nitrogens is 2. The van der Waals surface area contributed by atoms with Crippen molar-refractivity contribution in [3.05, 3.63) is 41.7 Å². The molecule has 0 fully saturated rings. The van der Waals surface area contributed by atoms with Gasteiger partial charge in [0.1, 0.15) is 0 Å². The molecule has 2 rings (SSSR count). The molecule has 112 valence electrons. The highest BCUT2D eigenvalue weighted by Gasteiger charge is 2.17. The Kier molecular flexibility index (Phi) is 4.13. The van der Waals surface area contributed by atoms with Crippen LogP contribution in [-0.4, -0.2) is 32.5 Å². The molecule has 0 radical (unpaired) electrons. The first-order valence-electron chi connectivity index (χ1n) is 6.39. The summed E-state index contributed by atoms with van der Waals surface area (Å²) in [6, 6.07) is 5.20. The maximum absolute atomic E-state index is 12.4. The van der Waals surface area contributed by atoms with Crippen LogP contribution >= 0.6 is 0 Å². The number of hydrogen-bond donors (Lipinski definition) is 1. The van der Waals surface area contributed by atoms with E-state index in [1.54, 1.807) is 24.0 Å². The van der Waals surface area contributed by atoms with Crippen LogP contribution in [0.5, 0.6) is 0 Å². The van der Waals surface area contributed by atoms with Gasteiger partial charge in [-0.2, -0.15) is 0 Å². The van der Waals surface area contributed by atoms with Crippen LogP contribution in [0.2, 0.25) is 0 Å². The summed E-state index contributed by atoms with van der Waals surface area (Å²) >= 11 is 0. The monoisotopic (exact) mass is 306 g/mol. The summed E-state index contributed by atoms with van der Waals surface area (Å²) in [5, 5.41) is 0. The predicted molar refractivity (Wildman–Crippen MR) is 83.1 cm³/mol. The van der Waals surface area contributed by atoms with Crippen LogP contribution in [-0.2, 0) is 10.0 Å². The molecule has 0 unspecified atom stereocenters. The maximum Gasteiger partial charge on any atom is 0.262 e. The van der Waals surface area contributed by atoms with Gasteiger partial charge in [0.15, 0.2) is 0 Å². The fourth-order valence-corrected chi connectivity index (χ4v) is 3.17. The molecule has 0 aliphatic rings. The van der Waals surface area contributed by atoms with Crippen LogP contribution in [0.15, 0.2) is 35.5 Å². The number of anilines is 2. The van der Waals surface area contributed by atoms with Crippen molar-refractivity contribution in [2.45, 2.75) is 18.7 Å². The normalized spacial score (nSPS) is 11.2. The highest BCUT2D eigenvalue weighted by Crippen LogP contribution is 2.20. The molecule has 1 aromatic heterocycles. The summed E-state index contributed by atoms with van der Waals surface area (Å²) in [4.78, 5) is 10.2. The lowest BCUT2D eigenvalue weighted by atomic mass is 10.2. The van der Waals surface area contributed by atoms with Gasteiger partial charge in [0, 0.05) is 14.1 Å². The number of sulfonamides is 1. The van der Waals surface area contributed by atoms with Crippen molar-refractivity contribution in [1.82, 2.24) is 9.97 Å². The Bertz CT molecular complexity index is 740. The Balaban J connectivity index is 2.28. The first-order chi connectivity index (χ1) is 9.79. The van der Waals surface area contributed by atoms with Gasteiger partial charge in [-0.1, -0.05) is 17.7 Å². The molecule has 0 saturated carbocycles. The van der Waals surface area contributed by atoms with E-state index in [0.717, 1.165) is 5.56 Å². The molecule has 2 aromatic rings. The molecular weight excluding hydrogens is 288 g/mol. The zero-order valence-electron chi connectivity index (χ0n) is 12.5. The molecule has 0 aliphatic carbocycles. The number of benzene rings is 1. The van der Waals surface area contributed by atoms with Crippen LogP contribution in [0.3, 0.4) is 0 Å². The molecule has 0 saturated heterocycles. The fourth-order valence-electron chi connectivity index (χ4n) is 1.92. The molecule has 1 N–H and O–H groups in total. The summed E-state index contributed by atoms with van der Waals surface area (Å²) in [5.41, 5.74) is 2.05. The van der Waals surface area contributed by atoms with Gasteiger partial charge in [-0.05, 0) is 25.5 Å². The van der Waals surface area contributed by atoms with E-state index in [4.69, 9.17) is 0 Å². The molecular formula is C14H18N4O2S. The Morgan fingerprint density at radius 2 is 1.71 bits per heavy atom. The zero-order valence-corrected chi connectivity index (χ0v) is 13.3. The third-order valence-electron chi connectivity index (χ3n) is 2.91. The number of aryl methyl sites for hydroxylation is 2. The van der Waals surface area contributed by atoms with Crippen molar-refractivity contribution in [2.24, 2.45) is 0 Å². The van der Waals surface area contributed by atoms with Gasteiger partial charge in [0.25, 0.3) is 10.0 Å². The molecule has 0 aliphatic heterocycles. The Hall–Kier alpha value is -2.15. The number of hydrogen-bond acceptors (Lipinski definition) is 5. The second-order valence-corrected chi connectivity index (χ2v) is 6.69. The summed E-state index contributed by atoms with van der Waals surface area (Å²) in [5.74, 6) is 0.518. The minimum Gasteiger partial charge on any atom is -0.347 e. The summed E-state index contributed by atoms with van der Waals surface area (Å²) < 4.78 is 27.2. The van der Waals surface area contributed by atoms with E-state index in [1.165, 1.54) is 12.4 Å². The molecule has 1 aromatic carbocycles. The Labute approximate surface area is 124 Å². The van der Waals surface area contributed by atoms with Crippen molar-refractivity contribution in [3.8, 4) is 0 Å². The van der Waals surface area contributed by atoms with Gasteiger partial charge in [0.05, 0.1) is 23.0 Å². The summed E-state index contributed by atoms with van der Waals surface area (Å²) in [6.07, 6.45) is 2.90. The molecule has 0 amide bonds. The first kappa shape index (κ1) is 15.2. The minimum atomic E-state index is -3.64. The van der Waals surface area contributed by atoms with Crippen molar-refractivity contribution in [1.29, 1.82) is 0 Å². The van der Waals surface area contributed by atoms with Crippen molar-refractivity contribution < 1.29 is 8.42 Å². The second-order valence-electron chi connectivity index (χ2n) is 5.04. The van der Waals surface area contributed by atoms with E-state index in [1.807, 2.05) is 27.1 Å². The standard InChI is InChI=1S/C14H18N4O2S/c1-10-5-6-13(11(2)7-10)21(19,20)17-12-8-15-14(16-9-12)18(3)4/h5-9,17H,1-4H3. The number of nitrogens with zero attached hydrogens (tertiary/aromatic N) is 3. The summed E-state index contributed by atoms with van der Waals surface area (Å²) in [7, 11) is -0.00882. The van der Waals surface area contributed by atoms with E-state index in [9.17, 15) is 8.42 Å². The molecule has 21 heavy (non-hydrogen) atoms. The van der Waals surface area contributed by atoms with Crippen LogP contribution in [0.4, 0.5) is 11.6 Å². The number of rotatable bonds is 4. The topological polar surface area (TPSA) is 75.2 Å². The van der Waals surface area contributed by atoms with E-state index in [0.29, 0.717) is 17.2 Å². The number of nitrogens with one attached hydrogen (secondary N) is 1. The van der Waals surface area contributed by atoms with E-state index >= 15 is 0 Å². The molecule has 7 heteroatoms. The molecule has 6 nitrogen and oxygen atoms in total. The Morgan fingerprint density at radius 1 is 1.10 bits per heavy atom. The maximum atomic E-state index is 12.4. The van der Waals surface area contributed by atoms with Crippen molar-refractivity contribution in [3.63, 3.8) is 0 Å². The highest BCUT2D eigenvalue weighted by atomic mass is 32.2. The van der Waals surface area contributed by atoms with Gasteiger partial charge < -0.3 is 4.90 Å². The molecule has 0 bridgehead atoms. The van der Waals surface area contributed by atoms with Gasteiger partial charge in [0.2, 0.25) is 5.95 Å². The first-order valence-corrected chi connectivity index (χ1v) is 7.87. The average molecular weight is 306 g/mol. The van der Waals surface area contributed by atoms with Crippen LogP contribution in [0, 0.1) is 13.8 Å². The van der Waals surface area contributed by atoms with Gasteiger partial charge in [-0.25, -0.2) is 18.4 Å².